The van der Waals surface area contributed by atoms with E-state index in [9.17, 15) is 14.0 Å². The molecule has 4 rings (SSSR count). The second-order valence-corrected chi connectivity index (χ2v) is 8.03. The van der Waals surface area contributed by atoms with Gasteiger partial charge in [-0.25, -0.2) is 9.37 Å². The van der Waals surface area contributed by atoms with Crippen LogP contribution in [0.3, 0.4) is 0 Å². The van der Waals surface area contributed by atoms with Crippen LogP contribution in [0.1, 0.15) is 25.6 Å². The highest BCUT2D eigenvalue weighted by atomic mass is 32.1. The number of hydrogen-bond acceptors (Lipinski definition) is 6. The number of hydrogen-bond donors (Lipinski definition) is 1. The van der Waals surface area contributed by atoms with Gasteiger partial charge in [0.2, 0.25) is 0 Å². The summed E-state index contributed by atoms with van der Waals surface area (Å²) >= 11 is 1.40. The molecule has 6 nitrogen and oxygen atoms in total. The molecular formula is C21H22FN3O3S. The number of nitrogens with one attached hydrogen (secondary N) is 1. The number of thiophene rings is 1. The van der Waals surface area contributed by atoms with Crippen molar-refractivity contribution in [1.82, 2.24) is 14.9 Å². The van der Waals surface area contributed by atoms with Crippen molar-refractivity contribution in [2.24, 2.45) is 5.92 Å². The Morgan fingerprint density at radius 1 is 1.38 bits per heavy atom. The van der Waals surface area contributed by atoms with Gasteiger partial charge in [0.15, 0.2) is 0 Å². The quantitative estimate of drug-likeness (QED) is 0.645. The summed E-state index contributed by atoms with van der Waals surface area (Å²) < 4.78 is 18.4. The number of aromatic amines is 1. The minimum Gasteiger partial charge on any atom is -0.466 e. The molecule has 3 heterocycles. The van der Waals surface area contributed by atoms with Crippen LogP contribution in [0.25, 0.3) is 21.3 Å². The van der Waals surface area contributed by atoms with Gasteiger partial charge < -0.3 is 9.72 Å². The smallest absolute Gasteiger partial charge is 0.310 e. The molecule has 3 aromatic rings. The van der Waals surface area contributed by atoms with E-state index >= 15 is 0 Å². The maximum atomic E-state index is 13.2. The third-order valence-electron chi connectivity index (χ3n) is 5.15. The molecule has 1 atom stereocenters. The predicted molar refractivity (Wildman–Crippen MR) is 110 cm³/mol. The van der Waals surface area contributed by atoms with Gasteiger partial charge in [0.05, 0.1) is 24.5 Å². The number of piperidine rings is 1. The number of ether oxygens (including phenoxy) is 1. The maximum Gasteiger partial charge on any atom is 0.310 e. The minimum atomic E-state index is -0.315. The fourth-order valence-electron chi connectivity index (χ4n) is 3.77. The van der Waals surface area contributed by atoms with Crippen LogP contribution in [0, 0.1) is 11.7 Å². The number of carbonyl (C=O) groups is 1. The van der Waals surface area contributed by atoms with Gasteiger partial charge in [0.25, 0.3) is 5.56 Å². The summed E-state index contributed by atoms with van der Waals surface area (Å²) in [5.74, 6) is -0.0213. The number of aromatic nitrogens is 2. The molecule has 0 radical (unpaired) electrons. The predicted octanol–water partition coefficient (Wildman–Crippen LogP) is 3.57. The molecule has 1 aliphatic heterocycles. The third-order valence-corrected chi connectivity index (χ3v) is 6.02. The maximum absolute atomic E-state index is 13.2. The van der Waals surface area contributed by atoms with Crippen LogP contribution in [0.4, 0.5) is 4.39 Å². The summed E-state index contributed by atoms with van der Waals surface area (Å²) in [6, 6.07) is 6.08. The van der Waals surface area contributed by atoms with Gasteiger partial charge >= 0.3 is 5.97 Å². The van der Waals surface area contributed by atoms with Gasteiger partial charge in [0.1, 0.15) is 16.5 Å². The Kier molecular flexibility index (Phi) is 5.73. The molecule has 1 N–H and O–H groups in total. The average Bonchev–Trinajstić information content (AvgIpc) is 3.13. The number of H-pyrrole nitrogens is 1. The van der Waals surface area contributed by atoms with E-state index in [4.69, 9.17) is 4.74 Å². The highest BCUT2D eigenvalue weighted by Crippen LogP contribution is 2.31. The summed E-state index contributed by atoms with van der Waals surface area (Å²) in [4.78, 5) is 35.1. The minimum absolute atomic E-state index is 0.133. The van der Waals surface area contributed by atoms with Crippen LogP contribution in [0.5, 0.6) is 0 Å². The van der Waals surface area contributed by atoms with E-state index in [-0.39, 0.29) is 23.3 Å². The molecular weight excluding hydrogens is 393 g/mol. The second kappa shape index (κ2) is 8.42. The number of nitrogens with zero attached hydrogens (tertiary/aromatic N) is 2. The first-order valence-electron chi connectivity index (χ1n) is 9.70. The van der Waals surface area contributed by atoms with Gasteiger partial charge in [-0.2, -0.15) is 0 Å². The fraction of sp³-hybridized carbons (Fsp3) is 0.381. The van der Waals surface area contributed by atoms with Crippen molar-refractivity contribution in [1.29, 1.82) is 0 Å². The van der Waals surface area contributed by atoms with Crippen molar-refractivity contribution in [3.63, 3.8) is 0 Å². The van der Waals surface area contributed by atoms with Crippen molar-refractivity contribution in [2.75, 3.05) is 19.7 Å². The summed E-state index contributed by atoms with van der Waals surface area (Å²) in [6.07, 6.45) is 1.73. The van der Waals surface area contributed by atoms with Gasteiger partial charge in [-0.15, -0.1) is 11.3 Å². The van der Waals surface area contributed by atoms with Crippen molar-refractivity contribution < 1.29 is 13.9 Å². The molecule has 1 aromatic carbocycles. The molecule has 2 aromatic heterocycles. The number of likely N-dealkylation sites (tertiary alicyclic amines) is 1. The van der Waals surface area contributed by atoms with Gasteiger partial charge in [-0.05, 0) is 44.0 Å². The zero-order valence-electron chi connectivity index (χ0n) is 16.1. The standard InChI is InChI=1S/C21H22FN3O3S/c1-2-28-21(27)14-4-3-9-25(10-14)11-17-23-19(26)18-16(12-29-20(18)24-17)13-5-7-15(22)8-6-13/h5-8,12,14H,2-4,9-11H2,1H3,(H,23,24,26). The van der Waals surface area contributed by atoms with Crippen molar-refractivity contribution in [3.8, 4) is 11.1 Å². The number of carbonyl (C=O) groups excluding carboxylic acids is 1. The van der Waals surface area contributed by atoms with E-state index < -0.39 is 0 Å². The van der Waals surface area contributed by atoms with Crippen molar-refractivity contribution >= 4 is 27.5 Å². The molecule has 1 fully saturated rings. The summed E-state index contributed by atoms with van der Waals surface area (Å²) in [6.45, 7) is 4.12. The Balaban J connectivity index is 1.56. The molecule has 8 heteroatoms. The molecule has 1 saturated heterocycles. The third kappa shape index (κ3) is 4.23. The number of rotatable bonds is 5. The van der Waals surface area contributed by atoms with E-state index in [0.717, 1.165) is 30.5 Å². The largest absolute Gasteiger partial charge is 0.466 e. The zero-order valence-corrected chi connectivity index (χ0v) is 16.9. The van der Waals surface area contributed by atoms with Gasteiger partial charge in [-0.1, -0.05) is 12.1 Å². The number of esters is 1. The first-order chi connectivity index (χ1) is 14.0. The monoisotopic (exact) mass is 415 g/mol. The SMILES string of the molecule is CCOC(=O)C1CCCN(Cc2nc3scc(-c4ccc(F)cc4)c3c(=O)[nH]2)C1. The average molecular weight is 415 g/mol. The number of fused-ring (bicyclic) bond motifs is 1. The van der Waals surface area contributed by atoms with Crippen LogP contribution in [-0.2, 0) is 16.1 Å². The second-order valence-electron chi connectivity index (χ2n) is 7.18. The Labute approximate surface area is 171 Å². The van der Waals surface area contributed by atoms with Gasteiger partial charge in [0, 0.05) is 17.5 Å². The Bertz CT molecular complexity index is 1080. The van der Waals surface area contributed by atoms with Crippen LogP contribution >= 0.6 is 11.3 Å². The summed E-state index contributed by atoms with van der Waals surface area (Å²) in [5, 5.41) is 2.40. The lowest BCUT2D eigenvalue weighted by Gasteiger charge is -2.30. The summed E-state index contributed by atoms with van der Waals surface area (Å²) in [5.41, 5.74) is 1.33. The first-order valence-corrected chi connectivity index (χ1v) is 10.6. The Morgan fingerprint density at radius 3 is 2.93 bits per heavy atom. The normalized spacial score (nSPS) is 17.5. The van der Waals surface area contributed by atoms with Crippen LogP contribution < -0.4 is 5.56 Å². The van der Waals surface area contributed by atoms with E-state index in [1.165, 1.54) is 23.5 Å². The molecule has 0 aliphatic carbocycles. The Hall–Kier alpha value is -2.58. The Morgan fingerprint density at radius 2 is 2.17 bits per heavy atom. The lowest BCUT2D eigenvalue weighted by atomic mass is 9.98. The summed E-state index contributed by atoms with van der Waals surface area (Å²) in [7, 11) is 0. The molecule has 1 aliphatic rings. The first kappa shape index (κ1) is 19.7. The highest BCUT2D eigenvalue weighted by molar-refractivity contribution is 7.17. The van der Waals surface area contributed by atoms with E-state index in [0.29, 0.717) is 35.7 Å². The fourth-order valence-corrected chi connectivity index (χ4v) is 4.74. The molecule has 1 unspecified atom stereocenters. The van der Waals surface area contributed by atoms with E-state index in [2.05, 4.69) is 14.9 Å². The molecule has 0 amide bonds. The van der Waals surface area contributed by atoms with Crippen LogP contribution in [0.2, 0.25) is 0 Å². The van der Waals surface area contributed by atoms with Gasteiger partial charge in [-0.3, -0.25) is 14.5 Å². The highest BCUT2D eigenvalue weighted by Gasteiger charge is 2.27. The number of halogens is 1. The molecule has 29 heavy (non-hydrogen) atoms. The lowest BCUT2D eigenvalue weighted by molar-refractivity contribution is -0.150. The zero-order chi connectivity index (χ0) is 20.4. The van der Waals surface area contributed by atoms with Crippen molar-refractivity contribution in [2.45, 2.75) is 26.3 Å². The van der Waals surface area contributed by atoms with Crippen LogP contribution in [-0.4, -0.2) is 40.5 Å². The van der Waals surface area contributed by atoms with E-state index in [1.54, 1.807) is 12.1 Å². The van der Waals surface area contributed by atoms with Crippen LogP contribution in [0.15, 0.2) is 34.4 Å². The molecule has 0 spiro atoms. The molecule has 152 valence electrons. The van der Waals surface area contributed by atoms with Crippen molar-refractivity contribution in [3.05, 3.63) is 51.6 Å². The van der Waals surface area contributed by atoms with E-state index in [1.807, 2.05) is 12.3 Å². The molecule has 0 bridgehead atoms. The topological polar surface area (TPSA) is 75.3 Å². The number of benzene rings is 1. The molecule has 0 saturated carbocycles. The lowest BCUT2D eigenvalue weighted by Crippen LogP contribution is -2.39.